The minimum atomic E-state index is 1.16. The van der Waals surface area contributed by atoms with Crippen molar-refractivity contribution in [3.05, 3.63) is 48.6 Å². The van der Waals surface area contributed by atoms with Gasteiger partial charge in [0.2, 0.25) is 0 Å². The van der Waals surface area contributed by atoms with Crippen LogP contribution in [0.3, 0.4) is 0 Å². The third kappa shape index (κ3) is 1.34. The molecule has 0 aliphatic carbocycles. The summed E-state index contributed by atoms with van der Waals surface area (Å²) in [7, 11) is 0. The van der Waals surface area contributed by atoms with Crippen molar-refractivity contribution >= 4 is 5.69 Å². The van der Waals surface area contributed by atoms with Gasteiger partial charge in [-0.3, -0.25) is 5.01 Å². The Bertz CT molecular complexity index is 279. The van der Waals surface area contributed by atoms with Gasteiger partial charge in [-0.15, -0.1) is 0 Å². The van der Waals surface area contributed by atoms with Crippen molar-refractivity contribution in [2.75, 3.05) is 5.01 Å². The summed E-state index contributed by atoms with van der Waals surface area (Å²) >= 11 is 0. The van der Waals surface area contributed by atoms with E-state index in [1.807, 2.05) is 42.4 Å². The van der Waals surface area contributed by atoms with Gasteiger partial charge in [0.25, 0.3) is 0 Å². The molecule has 1 heterocycles. The first-order chi connectivity index (χ1) is 5.86. The number of hydrogen-bond acceptors (Lipinski definition) is 2. The quantitative estimate of drug-likeness (QED) is 0.674. The number of anilines is 1. The van der Waals surface area contributed by atoms with Crippen molar-refractivity contribution in [1.82, 2.24) is 5.43 Å². The van der Waals surface area contributed by atoms with Crippen LogP contribution in [0.2, 0.25) is 0 Å². The third-order valence-electron chi connectivity index (χ3n) is 1.80. The molecule has 61 valence electrons. The van der Waals surface area contributed by atoms with E-state index in [0.29, 0.717) is 0 Å². The average Bonchev–Trinajstić information content (AvgIpc) is 2.54. The fourth-order valence-corrected chi connectivity index (χ4v) is 1.19. The van der Waals surface area contributed by atoms with Gasteiger partial charge in [0.05, 0.1) is 11.7 Å². The lowest BCUT2D eigenvalue weighted by molar-refractivity contribution is 0.798. The maximum atomic E-state index is 3.21. The average molecular weight is 159 g/mol. The fraction of sp³-hybridized carbons (Fsp3) is 0.100. The molecule has 1 aromatic carbocycles. The molecule has 1 aliphatic rings. The normalized spacial score (nSPS) is 17.2. The van der Waals surface area contributed by atoms with Gasteiger partial charge in [-0.25, -0.2) is 5.43 Å². The predicted molar refractivity (Wildman–Crippen MR) is 50.1 cm³/mol. The molecule has 2 rings (SSSR count). The van der Waals surface area contributed by atoms with Crippen LogP contribution in [0.1, 0.15) is 6.92 Å². The Morgan fingerprint density at radius 1 is 1.17 bits per heavy atom. The lowest BCUT2D eigenvalue weighted by Gasteiger charge is -2.17. The molecule has 1 radical (unpaired) electrons. The van der Waals surface area contributed by atoms with Crippen LogP contribution in [-0.2, 0) is 0 Å². The van der Waals surface area contributed by atoms with Crippen LogP contribution >= 0.6 is 0 Å². The summed E-state index contributed by atoms with van der Waals surface area (Å²) in [6, 6.07) is 11.4. The molecule has 0 fully saturated rings. The van der Waals surface area contributed by atoms with Crippen LogP contribution in [0.25, 0.3) is 0 Å². The lowest BCUT2D eigenvalue weighted by atomic mass is 10.3. The van der Waals surface area contributed by atoms with E-state index in [2.05, 4.69) is 17.6 Å². The van der Waals surface area contributed by atoms with Crippen LogP contribution in [0, 0.1) is 6.04 Å². The minimum absolute atomic E-state index is 1.16. The molecular formula is C10H11N2. The molecule has 2 heteroatoms. The van der Waals surface area contributed by atoms with E-state index in [1.165, 1.54) is 6.04 Å². The van der Waals surface area contributed by atoms with E-state index < -0.39 is 0 Å². The van der Waals surface area contributed by atoms with Crippen LogP contribution in [-0.4, -0.2) is 0 Å². The van der Waals surface area contributed by atoms with Crippen molar-refractivity contribution in [2.24, 2.45) is 0 Å². The number of rotatable bonds is 1. The van der Waals surface area contributed by atoms with Gasteiger partial charge in [-0.2, -0.15) is 0 Å². The highest BCUT2D eigenvalue weighted by Gasteiger charge is 2.11. The van der Waals surface area contributed by atoms with Crippen LogP contribution in [0.15, 0.2) is 42.6 Å². The highest BCUT2D eigenvalue weighted by atomic mass is 15.5. The van der Waals surface area contributed by atoms with Gasteiger partial charge in [-0.1, -0.05) is 18.2 Å². The van der Waals surface area contributed by atoms with E-state index in [4.69, 9.17) is 0 Å². The van der Waals surface area contributed by atoms with Gasteiger partial charge in [0, 0.05) is 6.20 Å². The number of nitrogens with zero attached hydrogens (tertiary/aromatic N) is 1. The zero-order valence-electron chi connectivity index (χ0n) is 6.99. The molecule has 0 atom stereocenters. The van der Waals surface area contributed by atoms with Crippen molar-refractivity contribution in [3.63, 3.8) is 0 Å². The molecule has 0 saturated carbocycles. The Kier molecular flexibility index (Phi) is 1.84. The van der Waals surface area contributed by atoms with E-state index in [-0.39, 0.29) is 0 Å². The monoisotopic (exact) mass is 159 g/mol. The second-order valence-electron chi connectivity index (χ2n) is 2.82. The molecule has 1 aliphatic heterocycles. The summed E-state index contributed by atoms with van der Waals surface area (Å²) in [5.41, 5.74) is 4.37. The van der Waals surface area contributed by atoms with Crippen molar-refractivity contribution in [1.29, 1.82) is 0 Å². The second-order valence-corrected chi connectivity index (χ2v) is 2.82. The van der Waals surface area contributed by atoms with Gasteiger partial charge in [-0.05, 0) is 25.1 Å². The molecule has 1 N–H and O–H groups in total. The van der Waals surface area contributed by atoms with Crippen molar-refractivity contribution in [3.8, 4) is 0 Å². The number of hydrogen-bond donors (Lipinski definition) is 1. The molecular weight excluding hydrogens is 148 g/mol. The van der Waals surface area contributed by atoms with Crippen molar-refractivity contribution in [2.45, 2.75) is 6.92 Å². The number of para-hydroxylation sites is 1. The van der Waals surface area contributed by atoms with Crippen molar-refractivity contribution < 1.29 is 0 Å². The van der Waals surface area contributed by atoms with E-state index in [1.54, 1.807) is 0 Å². The first-order valence-corrected chi connectivity index (χ1v) is 3.99. The number of nitrogens with one attached hydrogen (secondary N) is 1. The summed E-state index contributed by atoms with van der Waals surface area (Å²) in [6.07, 6.45) is 4.07. The fourth-order valence-electron chi connectivity index (χ4n) is 1.19. The first-order valence-electron chi connectivity index (χ1n) is 3.99. The second kappa shape index (κ2) is 2.99. The van der Waals surface area contributed by atoms with E-state index in [0.717, 1.165) is 5.69 Å². The van der Waals surface area contributed by atoms with Gasteiger partial charge < -0.3 is 0 Å². The zero-order chi connectivity index (χ0) is 8.39. The van der Waals surface area contributed by atoms with E-state index in [9.17, 15) is 0 Å². The Morgan fingerprint density at radius 2 is 1.92 bits per heavy atom. The SMILES string of the molecule is C[C]1C=CN(c2ccccc2)N1. The molecule has 0 spiro atoms. The van der Waals surface area contributed by atoms with E-state index >= 15 is 0 Å². The molecule has 0 saturated heterocycles. The summed E-state index contributed by atoms with van der Waals surface area (Å²) in [5.74, 6) is 0. The highest BCUT2D eigenvalue weighted by Crippen LogP contribution is 2.17. The van der Waals surface area contributed by atoms with Crippen LogP contribution in [0.5, 0.6) is 0 Å². The molecule has 2 nitrogen and oxygen atoms in total. The zero-order valence-corrected chi connectivity index (χ0v) is 6.99. The van der Waals surface area contributed by atoms with Gasteiger partial charge in [0.15, 0.2) is 0 Å². The standard InChI is InChI=1S/C10H11N2/c1-9-7-8-12(11-9)10-5-3-2-4-6-10/h2-8,11H,1H3. The maximum absolute atomic E-state index is 3.21. The summed E-state index contributed by atoms with van der Waals surface area (Å²) in [6.45, 7) is 2.04. The van der Waals surface area contributed by atoms with Crippen LogP contribution in [0.4, 0.5) is 5.69 Å². The van der Waals surface area contributed by atoms with Gasteiger partial charge >= 0.3 is 0 Å². The molecule has 12 heavy (non-hydrogen) atoms. The molecule has 1 aromatic rings. The maximum Gasteiger partial charge on any atom is 0.0778 e. The topological polar surface area (TPSA) is 15.3 Å². The predicted octanol–water partition coefficient (Wildman–Crippen LogP) is 2.08. The summed E-state index contributed by atoms with van der Waals surface area (Å²) in [4.78, 5) is 0. The molecule has 0 unspecified atom stereocenters. The minimum Gasteiger partial charge on any atom is -0.284 e. The summed E-state index contributed by atoms with van der Waals surface area (Å²) < 4.78 is 0. The molecule has 0 amide bonds. The van der Waals surface area contributed by atoms with Crippen LogP contribution < -0.4 is 10.4 Å². The Hall–Kier alpha value is -1.28. The largest absolute Gasteiger partial charge is 0.284 e. The lowest BCUT2D eigenvalue weighted by Crippen LogP contribution is -2.29. The Morgan fingerprint density at radius 3 is 2.50 bits per heavy atom. The third-order valence-corrected chi connectivity index (χ3v) is 1.80. The highest BCUT2D eigenvalue weighted by molar-refractivity contribution is 5.50. The first kappa shape index (κ1) is 7.37. The number of benzene rings is 1. The molecule has 0 bridgehead atoms. The number of hydrazine groups is 1. The summed E-state index contributed by atoms with van der Waals surface area (Å²) in [5, 5.41) is 2.00. The Balaban J connectivity index is 2.18. The molecule has 0 aromatic heterocycles. The van der Waals surface area contributed by atoms with Gasteiger partial charge in [0.1, 0.15) is 0 Å². The smallest absolute Gasteiger partial charge is 0.0778 e. The Labute approximate surface area is 72.5 Å².